The Kier molecular flexibility index (Phi) is 16.4. The molecule has 70 heavy (non-hydrogen) atoms. The first kappa shape index (κ1) is 53.0. The summed E-state index contributed by atoms with van der Waals surface area (Å²) in [5.74, 6) is -1.88. The van der Waals surface area contributed by atoms with E-state index >= 15 is 0 Å². The van der Waals surface area contributed by atoms with Crippen molar-refractivity contribution < 1.29 is 70.0 Å². The number of aryl methyl sites for hydroxylation is 1. The largest absolute Gasteiger partial charge is 0.492 e. The molecule has 2 aliphatic heterocycles. The Bertz CT molecular complexity index is 3000. The van der Waals surface area contributed by atoms with E-state index in [2.05, 4.69) is 4.90 Å². The molecule has 0 aliphatic carbocycles. The number of carbonyl (C=O) groups excluding carboxylic acids is 2. The lowest BCUT2D eigenvalue weighted by molar-refractivity contribution is -0.684. The van der Waals surface area contributed by atoms with Gasteiger partial charge in [-0.05, 0) is 98.0 Å². The van der Waals surface area contributed by atoms with Crippen LogP contribution in [0.25, 0.3) is 0 Å². The molecule has 6 N–H and O–H groups in total. The predicted octanol–water partition coefficient (Wildman–Crippen LogP) is 4.18. The zero-order valence-electron chi connectivity index (χ0n) is 39.3. The van der Waals surface area contributed by atoms with E-state index < -0.39 is 67.6 Å². The van der Waals surface area contributed by atoms with E-state index in [9.17, 15) is 55.8 Å². The van der Waals surface area contributed by atoms with Crippen molar-refractivity contribution in [3.63, 3.8) is 0 Å². The summed E-state index contributed by atoms with van der Waals surface area (Å²) in [6, 6.07) is 15.3. The normalized spacial score (nSPS) is 17.2. The van der Waals surface area contributed by atoms with Crippen LogP contribution >= 0.6 is 0 Å². The third kappa shape index (κ3) is 12.3. The van der Waals surface area contributed by atoms with E-state index in [4.69, 9.17) is 14.7 Å². The highest BCUT2D eigenvalue weighted by molar-refractivity contribution is 7.86. The van der Waals surface area contributed by atoms with Gasteiger partial charge in [-0.15, -0.1) is 4.73 Å². The number of allylic oxidation sites excluding steroid dienone is 8. The van der Waals surface area contributed by atoms with Crippen LogP contribution in [0.5, 0.6) is 11.8 Å². The zero-order chi connectivity index (χ0) is 51.2. The van der Waals surface area contributed by atoms with Gasteiger partial charge in [-0.2, -0.15) is 16.8 Å². The van der Waals surface area contributed by atoms with Crippen LogP contribution in [-0.4, -0.2) is 107 Å². The lowest BCUT2D eigenvalue weighted by atomic mass is 9.74. The lowest BCUT2D eigenvalue weighted by Crippen LogP contribution is -2.38. The summed E-state index contributed by atoms with van der Waals surface area (Å²) in [6.45, 7) is 6.43. The number of benzene rings is 2. The molecule has 4 heterocycles. The Morgan fingerprint density at radius 1 is 0.871 bits per heavy atom. The van der Waals surface area contributed by atoms with Crippen molar-refractivity contribution >= 4 is 61.9 Å². The van der Waals surface area contributed by atoms with Crippen molar-refractivity contribution in [2.24, 2.45) is 4.99 Å². The number of nitrogens with zero attached hydrogens (tertiary/aromatic N) is 5. The summed E-state index contributed by atoms with van der Waals surface area (Å²) >= 11 is 0. The number of fused-ring (bicyclic) bond motifs is 2. The Balaban J connectivity index is 1.27. The number of aromatic hydroxyl groups is 2. The van der Waals surface area contributed by atoms with Gasteiger partial charge in [-0.25, -0.2) is 14.4 Å². The average Bonchev–Trinajstić information content (AvgIpc) is 3.84. The van der Waals surface area contributed by atoms with E-state index in [1.165, 1.54) is 38.4 Å². The monoisotopic (exact) mass is 1000 g/mol. The fourth-order valence-corrected chi connectivity index (χ4v) is 9.57. The molecule has 6 rings (SSSR count). The highest BCUT2D eigenvalue weighted by Gasteiger charge is 2.45. The number of amides is 1. The molecule has 1 amide bonds. The number of aliphatic imine (C=N–C) groups is 1. The molecule has 2 aromatic carbocycles. The van der Waals surface area contributed by atoms with Crippen molar-refractivity contribution in [1.82, 2.24) is 9.79 Å². The number of hydrogen-bond acceptors (Lipinski definition) is 14. The molecule has 2 aromatic heterocycles. The molecule has 0 spiro atoms. The first-order valence-corrected chi connectivity index (χ1v) is 25.3. The fourth-order valence-electron chi connectivity index (χ4n) is 8.57. The molecule has 372 valence electrons. The van der Waals surface area contributed by atoms with Crippen molar-refractivity contribution in [1.29, 1.82) is 0 Å². The number of anilines is 1. The molecule has 1 atom stereocenters. The summed E-state index contributed by atoms with van der Waals surface area (Å²) in [6.07, 6.45) is 16.2. The molecule has 2 aliphatic rings. The van der Waals surface area contributed by atoms with Gasteiger partial charge in [0.05, 0.1) is 40.8 Å². The Morgan fingerprint density at radius 3 is 2.24 bits per heavy atom. The van der Waals surface area contributed by atoms with Crippen LogP contribution < -0.4 is 19.8 Å². The molecule has 4 aromatic rings. The zero-order valence-corrected chi connectivity index (χ0v) is 41.0. The summed E-state index contributed by atoms with van der Waals surface area (Å²) in [5.41, 5.74) is 3.15. The number of hydrogen-bond donors (Lipinski definition) is 6. The second-order valence-corrected chi connectivity index (χ2v) is 20.6. The molecule has 0 saturated heterocycles. The van der Waals surface area contributed by atoms with Gasteiger partial charge in [0, 0.05) is 55.4 Å². The second-order valence-electron chi connectivity index (χ2n) is 17.6. The molecule has 0 saturated carbocycles. The first-order chi connectivity index (χ1) is 32.9. The van der Waals surface area contributed by atoms with Crippen LogP contribution in [-0.2, 0) is 53.7 Å². The molecule has 22 heteroatoms. The van der Waals surface area contributed by atoms with E-state index in [1.807, 2.05) is 45.1 Å². The number of carbonyl (C=O) groups is 2. The topological polar surface area (TPSA) is 270 Å². The highest BCUT2D eigenvalue weighted by atomic mass is 32.2. The second kappa shape index (κ2) is 21.7. The van der Waals surface area contributed by atoms with Crippen LogP contribution in [0.2, 0.25) is 0 Å². The summed E-state index contributed by atoms with van der Waals surface area (Å²) < 4.78 is 69.7. The first-order valence-electron chi connectivity index (χ1n) is 22.3. The van der Waals surface area contributed by atoms with Gasteiger partial charge >= 0.3 is 18.9 Å². The van der Waals surface area contributed by atoms with E-state index in [0.29, 0.717) is 58.9 Å². The number of pyridine rings is 1. The third-order valence-corrected chi connectivity index (χ3v) is 13.9. The van der Waals surface area contributed by atoms with Crippen LogP contribution in [0.3, 0.4) is 0 Å². The summed E-state index contributed by atoms with van der Waals surface area (Å²) in [4.78, 5) is 42.5. The van der Waals surface area contributed by atoms with Gasteiger partial charge < -0.3 is 30.0 Å². The maximum Gasteiger partial charge on any atom is 0.488 e. The fraction of sp³-hybridized carbons (Fsp3) is 0.333. The van der Waals surface area contributed by atoms with Gasteiger partial charge in [0.15, 0.2) is 5.71 Å². The van der Waals surface area contributed by atoms with Crippen molar-refractivity contribution in [3.8, 4) is 11.8 Å². The molecule has 0 radical (unpaired) electrons. The molecule has 0 fully saturated rings. The van der Waals surface area contributed by atoms with Crippen LogP contribution in [0.4, 0.5) is 11.5 Å². The van der Waals surface area contributed by atoms with Crippen LogP contribution in [0, 0.1) is 0 Å². The lowest BCUT2D eigenvalue weighted by Gasteiger charge is -2.31. The quantitative estimate of drug-likeness (QED) is 0.0171. The number of hydroxylamine groups is 2. The summed E-state index contributed by atoms with van der Waals surface area (Å²) in [7, 11) is -7.71. The van der Waals surface area contributed by atoms with Crippen molar-refractivity contribution in [2.75, 3.05) is 31.4 Å². The average molecular weight is 1000 g/mol. The molecule has 19 nitrogen and oxygen atoms in total. The van der Waals surface area contributed by atoms with E-state index in [-0.39, 0.29) is 36.2 Å². The molecule has 0 bridgehead atoms. The maximum absolute atomic E-state index is 13.2. The highest BCUT2D eigenvalue weighted by Crippen LogP contribution is 2.50. The van der Waals surface area contributed by atoms with Crippen LogP contribution in [0.1, 0.15) is 79.9 Å². The Morgan fingerprint density at radius 2 is 1.57 bits per heavy atom. The standard InChI is InChI=1S/C48H56BN5O14S2/c1-47(2)38-29-34(46(58)51(4)67-5)32-52(25-15-27-69(61,62)63)45(38)50-40(47)18-10-7-6-8-11-19-41-48(3,31-33-16-14-17-35(28-33)49(59)60)37-30-36(70(64,65)66)21-22-39(37)53(41)26-13-9-12-20-44(57)68-54-42(55)23-24-43(54)56/h6-8,10-11,14,16-19,21-24,28-30,32,59-60H,9,12-13,15,20,25-27,31H2,1-5H3,(H3-,55,56,61,62,63,64,65,66)/p+1. The van der Waals surface area contributed by atoms with Gasteiger partial charge in [0.2, 0.25) is 11.8 Å². The minimum Gasteiger partial charge on any atom is -0.492 e. The van der Waals surface area contributed by atoms with Gasteiger partial charge in [-0.3, -0.25) is 18.7 Å². The summed E-state index contributed by atoms with van der Waals surface area (Å²) in [5, 5.41) is 40.7. The predicted molar refractivity (Wildman–Crippen MR) is 261 cm³/mol. The number of aromatic nitrogens is 2. The smallest absolute Gasteiger partial charge is 0.488 e. The molecular formula is C48H57BN5O14S2+. The van der Waals surface area contributed by atoms with Crippen molar-refractivity contribution in [3.05, 3.63) is 137 Å². The van der Waals surface area contributed by atoms with Gasteiger partial charge in [-0.1, -0.05) is 61.1 Å². The Hall–Kier alpha value is -6.40. The maximum atomic E-state index is 13.2. The minimum atomic E-state index is -4.61. The number of unbranched alkanes of at least 4 members (excludes halogenated alkanes) is 2. The van der Waals surface area contributed by atoms with Crippen LogP contribution in [0.15, 0.2) is 125 Å². The van der Waals surface area contributed by atoms with Gasteiger partial charge in [0.25, 0.3) is 26.1 Å². The third-order valence-electron chi connectivity index (χ3n) is 12.3. The van der Waals surface area contributed by atoms with E-state index in [1.54, 1.807) is 65.4 Å². The van der Waals surface area contributed by atoms with Gasteiger partial charge in [0.1, 0.15) is 6.20 Å². The Labute approximate surface area is 407 Å². The molecular weight excluding hydrogens is 945 g/mol. The van der Waals surface area contributed by atoms with E-state index in [0.717, 1.165) is 21.9 Å². The number of rotatable bonds is 21. The molecule has 1 unspecified atom stereocenters. The SMILES string of the molecule is CON(C)C(=O)c1cc2c([n+](CCCS(=O)(=O)O)c1)N=C(C=CC=CC=CC=C1N(CCCCCC(=O)On3c(O)ccc3O)c3ccc(S(=O)(=O)O)cc3C1(C)Cc1cccc(B(O)O)c1)C2(C)C. The van der Waals surface area contributed by atoms with Crippen molar-refractivity contribution in [2.45, 2.75) is 81.6 Å². The minimum absolute atomic E-state index is 0.00552.